The number of carbonyl (C=O) groups is 1. The molecule has 128 valence electrons. The summed E-state index contributed by atoms with van der Waals surface area (Å²) in [5.74, 6) is -0.124. The minimum atomic E-state index is -0.217. The van der Waals surface area contributed by atoms with Crippen molar-refractivity contribution in [2.24, 2.45) is 0 Å². The molecule has 0 saturated heterocycles. The molecule has 1 aromatic rings. The maximum Gasteiger partial charge on any atom is 0.220 e. The van der Waals surface area contributed by atoms with E-state index in [0.29, 0.717) is 13.0 Å². The van der Waals surface area contributed by atoms with Gasteiger partial charge in [0.05, 0.1) is 0 Å². The minimum absolute atomic E-state index is 0. The van der Waals surface area contributed by atoms with Crippen LogP contribution in [0, 0.1) is 5.82 Å². The number of likely N-dealkylation sites (N-methyl/N-ethyl adjacent to an activating group) is 1. The van der Waals surface area contributed by atoms with Gasteiger partial charge in [-0.2, -0.15) is 0 Å². The Balaban J connectivity index is 0. The van der Waals surface area contributed by atoms with Crippen molar-refractivity contribution in [3.8, 4) is 0 Å². The quantitative estimate of drug-likeness (QED) is 0.669. The van der Waals surface area contributed by atoms with Crippen LogP contribution in [0.1, 0.15) is 18.4 Å². The number of nitrogens with one attached hydrogen (secondary N) is 2. The molecular weight excluding hydrogens is 328 g/mol. The van der Waals surface area contributed by atoms with Crippen molar-refractivity contribution in [1.29, 1.82) is 0 Å². The Hall–Kier alpha value is -0.880. The zero-order valence-corrected chi connectivity index (χ0v) is 14.7. The molecule has 7 heteroatoms. The Morgan fingerprint density at radius 1 is 1.18 bits per heavy atom. The van der Waals surface area contributed by atoms with Crippen LogP contribution >= 0.6 is 24.8 Å². The molecule has 4 nitrogen and oxygen atoms in total. The molecule has 1 aromatic carbocycles. The van der Waals surface area contributed by atoms with Crippen LogP contribution in [0.15, 0.2) is 24.3 Å². The standard InChI is InChI=1S/C15H24FN3O.2ClH/c1-17-9-3-4-15(20)18-10-11-19(2)12-13-5-7-14(16)8-6-13;;/h5-8,17H,3-4,9-12H2,1-2H3,(H,18,20);2*1H. The van der Waals surface area contributed by atoms with Gasteiger partial charge in [-0.05, 0) is 44.8 Å². The Morgan fingerprint density at radius 3 is 2.41 bits per heavy atom. The number of halogens is 3. The van der Waals surface area contributed by atoms with E-state index in [-0.39, 0.29) is 36.5 Å². The van der Waals surface area contributed by atoms with Gasteiger partial charge in [0.25, 0.3) is 0 Å². The second-order valence-corrected chi connectivity index (χ2v) is 4.92. The van der Waals surface area contributed by atoms with Gasteiger partial charge in [-0.25, -0.2) is 4.39 Å². The van der Waals surface area contributed by atoms with E-state index in [4.69, 9.17) is 0 Å². The first-order valence-corrected chi connectivity index (χ1v) is 6.96. The van der Waals surface area contributed by atoms with Crippen LogP contribution in [-0.4, -0.2) is 44.5 Å². The molecule has 0 aliphatic rings. The van der Waals surface area contributed by atoms with Crippen molar-refractivity contribution >= 4 is 30.7 Å². The van der Waals surface area contributed by atoms with Crippen LogP contribution in [0.2, 0.25) is 0 Å². The van der Waals surface area contributed by atoms with Crippen LogP contribution in [0.4, 0.5) is 4.39 Å². The fraction of sp³-hybridized carbons (Fsp3) is 0.533. The monoisotopic (exact) mass is 353 g/mol. The van der Waals surface area contributed by atoms with Gasteiger partial charge in [-0.1, -0.05) is 12.1 Å². The number of hydrogen-bond acceptors (Lipinski definition) is 3. The third-order valence-corrected chi connectivity index (χ3v) is 3.01. The van der Waals surface area contributed by atoms with Crippen molar-refractivity contribution in [3.63, 3.8) is 0 Å². The first-order valence-electron chi connectivity index (χ1n) is 6.96. The average Bonchev–Trinajstić information content (AvgIpc) is 2.42. The maximum absolute atomic E-state index is 12.8. The molecule has 0 saturated carbocycles. The van der Waals surface area contributed by atoms with Crippen molar-refractivity contribution in [1.82, 2.24) is 15.5 Å². The van der Waals surface area contributed by atoms with E-state index in [1.165, 1.54) is 12.1 Å². The highest BCUT2D eigenvalue weighted by molar-refractivity contribution is 5.85. The SMILES string of the molecule is CNCCCC(=O)NCCN(C)Cc1ccc(F)cc1.Cl.Cl. The Kier molecular flexibility index (Phi) is 14.6. The number of nitrogens with zero attached hydrogens (tertiary/aromatic N) is 1. The fourth-order valence-electron chi connectivity index (χ4n) is 1.88. The Bertz CT molecular complexity index is 404. The van der Waals surface area contributed by atoms with E-state index in [1.54, 1.807) is 12.1 Å². The lowest BCUT2D eigenvalue weighted by Crippen LogP contribution is -2.32. The number of hydrogen-bond donors (Lipinski definition) is 2. The second-order valence-electron chi connectivity index (χ2n) is 4.92. The number of amides is 1. The van der Waals surface area contributed by atoms with E-state index in [0.717, 1.165) is 31.6 Å². The molecule has 0 aliphatic carbocycles. The van der Waals surface area contributed by atoms with E-state index in [2.05, 4.69) is 15.5 Å². The summed E-state index contributed by atoms with van der Waals surface area (Å²) in [4.78, 5) is 13.6. The molecule has 0 radical (unpaired) electrons. The molecule has 1 amide bonds. The van der Waals surface area contributed by atoms with Crippen LogP contribution in [0.3, 0.4) is 0 Å². The Morgan fingerprint density at radius 2 is 1.82 bits per heavy atom. The van der Waals surface area contributed by atoms with Crippen LogP contribution < -0.4 is 10.6 Å². The normalized spacial score (nSPS) is 9.82. The van der Waals surface area contributed by atoms with Crippen molar-refractivity contribution in [3.05, 3.63) is 35.6 Å². The van der Waals surface area contributed by atoms with Gasteiger partial charge < -0.3 is 15.5 Å². The third kappa shape index (κ3) is 10.8. The summed E-state index contributed by atoms with van der Waals surface area (Å²) < 4.78 is 12.8. The molecule has 0 aliphatic heterocycles. The van der Waals surface area contributed by atoms with Crippen LogP contribution in [-0.2, 0) is 11.3 Å². The number of carbonyl (C=O) groups excluding carboxylic acids is 1. The van der Waals surface area contributed by atoms with Gasteiger partial charge in [0, 0.05) is 26.1 Å². The van der Waals surface area contributed by atoms with Gasteiger partial charge in [0.1, 0.15) is 5.82 Å². The largest absolute Gasteiger partial charge is 0.355 e. The number of rotatable bonds is 9. The summed E-state index contributed by atoms with van der Waals surface area (Å²) in [5, 5.41) is 5.91. The predicted molar refractivity (Wildman–Crippen MR) is 93.4 cm³/mol. The summed E-state index contributed by atoms with van der Waals surface area (Å²) in [5.41, 5.74) is 1.06. The summed E-state index contributed by atoms with van der Waals surface area (Å²) in [6, 6.07) is 6.49. The first kappa shape index (κ1) is 23.4. The molecule has 1 rings (SSSR count). The van der Waals surface area contributed by atoms with Crippen molar-refractivity contribution < 1.29 is 9.18 Å². The summed E-state index contributed by atoms with van der Waals surface area (Å²) in [6.07, 6.45) is 1.41. The van der Waals surface area contributed by atoms with E-state index >= 15 is 0 Å². The molecule has 0 aromatic heterocycles. The molecule has 0 fully saturated rings. The molecule has 0 spiro atoms. The second kappa shape index (κ2) is 13.8. The van der Waals surface area contributed by atoms with E-state index in [1.807, 2.05) is 14.1 Å². The minimum Gasteiger partial charge on any atom is -0.355 e. The summed E-state index contributed by atoms with van der Waals surface area (Å²) >= 11 is 0. The smallest absolute Gasteiger partial charge is 0.220 e. The van der Waals surface area contributed by atoms with Gasteiger partial charge in [0.2, 0.25) is 5.91 Å². The van der Waals surface area contributed by atoms with Gasteiger partial charge >= 0.3 is 0 Å². The van der Waals surface area contributed by atoms with Crippen LogP contribution in [0.25, 0.3) is 0 Å². The predicted octanol–water partition coefficient (Wildman–Crippen LogP) is 2.22. The highest BCUT2D eigenvalue weighted by atomic mass is 35.5. The average molecular weight is 354 g/mol. The molecule has 0 heterocycles. The first-order chi connectivity index (χ1) is 9.61. The van der Waals surface area contributed by atoms with E-state index < -0.39 is 0 Å². The van der Waals surface area contributed by atoms with E-state index in [9.17, 15) is 9.18 Å². The van der Waals surface area contributed by atoms with Gasteiger partial charge in [-0.3, -0.25) is 4.79 Å². The fourth-order valence-corrected chi connectivity index (χ4v) is 1.88. The molecule has 2 N–H and O–H groups in total. The molecule has 22 heavy (non-hydrogen) atoms. The Labute approximate surface area is 144 Å². The zero-order chi connectivity index (χ0) is 14.8. The number of benzene rings is 1. The highest BCUT2D eigenvalue weighted by Crippen LogP contribution is 2.04. The van der Waals surface area contributed by atoms with Gasteiger partial charge in [0.15, 0.2) is 0 Å². The van der Waals surface area contributed by atoms with Gasteiger partial charge in [-0.15, -0.1) is 24.8 Å². The lowest BCUT2D eigenvalue weighted by atomic mass is 10.2. The zero-order valence-electron chi connectivity index (χ0n) is 13.1. The lowest BCUT2D eigenvalue weighted by molar-refractivity contribution is -0.121. The third-order valence-electron chi connectivity index (χ3n) is 3.01. The van der Waals surface area contributed by atoms with Crippen molar-refractivity contribution in [2.75, 3.05) is 33.7 Å². The topological polar surface area (TPSA) is 44.4 Å². The molecule has 0 atom stereocenters. The molecule has 0 bridgehead atoms. The van der Waals surface area contributed by atoms with Crippen LogP contribution in [0.5, 0.6) is 0 Å². The molecular formula is C15H26Cl2FN3O. The maximum atomic E-state index is 12.8. The summed E-state index contributed by atoms with van der Waals surface area (Å²) in [7, 11) is 3.86. The molecule has 0 unspecified atom stereocenters. The lowest BCUT2D eigenvalue weighted by Gasteiger charge is -2.17. The highest BCUT2D eigenvalue weighted by Gasteiger charge is 2.03. The summed E-state index contributed by atoms with van der Waals surface area (Å²) in [6.45, 7) is 3.01. The van der Waals surface area contributed by atoms with Crippen molar-refractivity contribution in [2.45, 2.75) is 19.4 Å².